The van der Waals surface area contributed by atoms with Crippen molar-refractivity contribution < 1.29 is 23.9 Å². The second-order valence-electron chi connectivity index (χ2n) is 4.81. The van der Waals surface area contributed by atoms with Crippen molar-refractivity contribution >= 4 is 40.4 Å². The lowest BCUT2D eigenvalue weighted by Crippen LogP contribution is -2.33. The number of hydrogen-bond donors (Lipinski definition) is 1. The first-order valence-corrected chi connectivity index (χ1v) is 8.18. The number of carbonyl (C=O) groups excluding carboxylic acids is 3. The van der Waals surface area contributed by atoms with E-state index in [9.17, 15) is 14.4 Å². The molecule has 2 aromatic rings. The molecule has 0 saturated heterocycles. The summed E-state index contributed by atoms with van der Waals surface area (Å²) in [5, 5.41) is 4.51. The van der Waals surface area contributed by atoms with E-state index in [0.717, 1.165) is 15.7 Å². The van der Waals surface area contributed by atoms with Crippen molar-refractivity contribution in [3.05, 3.63) is 42.5 Å². The van der Waals surface area contributed by atoms with Crippen LogP contribution in [0.4, 0.5) is 0 Å². The number of hydrogen-bond acceptors (Lipinski definition) is 6. The first-order chi connectivity index (χ1) is 11.6. The lowest BCUT2D eigenvalue weighted by molar-refractivity contribution is -0.146. The molecule has 0 aliphatic heterocycles. The van der Waals surface area contributed by atoms with Crippen LogP contribution >= 0.6 is 11.8 Å². The molecule has 0 bridgehead atoms. The highest BCUT2D eigenvalue weighted by atomic mass is 32.2. The minimum absolute atomic E-state index is 0.0998. The van der Waals surface area contributed by atoms with Gasteiger partial charge in [-0.1, -0.05) is 30.3 Å². The van der Waals surface area contributed by atoms with Gasteiger partial charge in [-0.3, -0.25) is 14.4 Å². The number of benzene rings is 2. The Labute approximate surface area is 143 Å². The van der Waals surface area contributed by atoms with Crippen LogP contribution in [0.25, 0.3) is 10.8 Å². The van der Waals surface area contributed by atoms with E-state index in [1.807, 2.05) is 42.5 Å². The summed E-state index contributed by atoms with van der Waals surface area (Å²) in [4.78, 5) is 34.9. The Balaban J connectivity index is 1.74. The molecule has 126 valence electrons. The summed E-state index contributed by atoms with van der Waals surface area (Å²) >= 11 is 1.34. The van der Waals surface area contributed by atoms with Gasteiger partial charge in [-0.05, 0) is 22.9 Å². The molecule has 24 heavy (non-hydrogen) atoms. The number of methoxy groups -OCH3 is 1. The van der Waals surface area contributed by atoms with Crippen LogP contribution in [0.3, 0.4) is 0 Å². The van der Waals surface area contributed by atoms with E-state index in [4.69, 9.17) is 4.74 Å². The van der Waals surface area contributed by atoms with Crippen molar-refractivity contribution in [2.24, 2.45) is 0 Å². The largest absolute Gasteiger partial charge is 0.468 e. The van der Waals surface area contributed by atoms with Crippen LogP contribution in [0.2, 0.25) is 0 Å². The summed E-state index contributed by atoms with van der Waals surface area (Å²) in [6, 6.07) is 13.9. The van der Waals surface area contributed by atoms with Gasteiger partial charge >= 0.3 is 11.9 Å². The Kier molecular flexibility index (Phi) is 6.62. The number of amides is 1. The molecule has 1 amide bonds. The normalized spacial score (nSPS) is 10.2. The zero-order valence-corrected chi connectivity index (χ0v) is 13.9. The van der Waals surface area contributed by atoms with Crippen LogP contribution < -0.4 is 5.32 Å². The Morgan fingerprint density at radius 3 is 2.54 bits per heavy atom. The first kappa shape index (κ1) is 17.8. The van der Waals surface area contributed by atoms with Crippen LogP contribution in [0, 0.1) is 0 Å². The molecule has 6 nitrogen and oxygen atoms in total. The zero-order valence-electron chi connectivity index (χ0n) is 13.1. The topological polar surface area (TPSA) is 81.7 Å². The van der Waals surface area contributed by atoms with Crippen LogP contribution in [0.15, 0.2) is 47.4 Å². The van der Waals surface area contributed by atoms with Crippen molar-refractivity contribution in [1.29, 1.82) is 0 Å². The number of thioether (sulfide) groups is 1. The summed E-state index contributed by atoms with van der Waals surface area (Å²) in [6.07, 6.45) is 0. The highest BCUT2D eigenvalue weighted by Gasteiger charge is 2.10. The maximum atomic E-state index is 11.7. The second-order valence-corrected chi connectivity index (χ2v) is 5.86. The Bertz CT molecular complexity index is 747. The predicted molar refractivity (Wildman–Crippen MR) is 90.7 cm³/mol. The molecule has 0 heterocycles. The molecule has 0 aliphatic carbocycles. The summed E-state index contributed by atoms with van der Waals surface area (Å²) in [5.74, 6) is -1.52. The van der Waals surface area contributed by atoms with Crippen LogP contribution in [0.1, 0.15) is 0 Å². The highest BCUT2D eigenvalue weighted by molar-refractivity contribution is 8.00. The summed E-state index contributed by atoms with van der Waals surface area (Å²) in [5.41, 5.74) is 0. The Morgan fingerprint density at radius 1 is 1.04 bits per heavy atom. The van der Waals surface area contributed by atoms with E-state index in [1.165, 1.54) is 18.9 Å². The summed E-state index contributed by atoms with van der Waals surface area (Å²) in [6.45, 7) is -0.674. The van der Waals surface area contributed by atoms with Crippen LogP contribution in [0.5, 0.6) is 0 Å². The minimum atomic E-state index is -0.568. The van der Waals surface area contributed by atoms with Gasteiger partial charge in [-0.15, -0.1) is 11.8 Å². The van der Waals surface area contributed by atoms with Crippen LogP contribution in [-0.4, -0.2) is 43.9 Å². The van der Waals surface area contributed by atoms with Gasteiger partial charge in [0.1, 0.15) is 6.54 Å². The van der Waals surface area contributed by atoms with Gasteiger partial charge in [0.15, 0.2) is 6.61 Å². The molecule has 0 unspecified atom stereocenters. The summed E-state index contributed by atoms with van der Waals surface area (Å²) < 4.78 is 9.23. The van der Waals surface area contributed by atoms with E-state index >= 15 is 0 Å². The van der Waals surface area contributed by atoms with Crippen molar-refractivity contribution in [1.82, 2.24) is 5.32 Å². The quantitative estimate of drug-likeness (QED) is 0.607. The minimum Gasteiger partial charge on any atom is -0.468 e. The number of rotatable bonds is 7. The van der Waals surface area contributed by atoms with Crippen molar-refractivity contribution in [3.63, 3.8) is 0 Å². The van der Waals surface area contributed by atoms with E-state index < -0.39 is 24.5 Å². The Morgan fingerprint density at radius 2 is 1.79 bits per heavy atom. The van der Waals surface area contributed by atoms with Gasteiger partial charge in [-0.25, -0.2) is 0 Å². The average Bonchev–Trinajstić information content (AvgIpc) is 2.62. The first-order valence-electron chi connectivity index (χ1n) is 7.19. The predicted octanol–water partition coefficient (Wildman–Crippen LogP) is 1.76. The smallest absolute Gasteiger partial charge is 0.325 e. The molecular weight excluding hydrogens is 330 g/mol. The molecular formula is C17H17NO5S. The van der Waals surface area contributed by atoms with E-state index in [-0.39, 0.29) is 12.3 Å². The molecule has 1 N–H and O–H groups in total. The number of esters is 2. The molecule has 2 aromatic carbocycles. The van der Waals surface area contributed by atoms with Gasteiger partial charge < -0.3 is 14.8 Å². The summed E-state index contributed by atoms with van der Waals surface area (Å²) in [7, 11) is 1.22. The van der Waals surface area contributed by atoms with Crippen molar-refractivity contribution in [3.8, 4) is 0 Å². The van der Waals surface area contributed by atoms with Gasteiger partial charge in [0.05, 0.1) is 12.9 Å². The number of ether oxygens (including phenoxy) is 2. The van der Waals surface area contributed by atoms with Crippen molar-refractivity contribution in [2.45, 2.75) is 4.90 Å². The molecule has 0 atom stereocenters. The fourth-order valence-electron chi connectivity index (χ4n) is 1.88. The molecule has 0 saturated carbocycles. The highest BCUT2D eigenvalue weighted by Crippen LogP contribution is 2.23. The van der Waals surface area contributed by atoms with E-state index in [2.05, 4.69) is 10.1 Å². The monoisotopic (exact) mass is 347 g/mol. The number of fused-ring (bicyclic) bond motifs is 1. The molecule has 2 rings (SSSR count). The zero-order chi connectivity index (χ0) is 17.4. The van der Waals surface area contributed by atoms with Gasteiger partial charge in [0, 0.05) is 4.90 Å². The third kappa shape index (κ3) is 5.58. The standard InChI is InChI=1S/C17H17NO5S/c1-22-16(20)9-18-15(19)10-23-17(21)11-24-14-7-6-12-4-2-3-5-13(12)8-14/h2-8H,9-11H2,1H3,(H,18,19). The van der Waals surface area contributed by atoms with Gasteiger partial charge in [-0.2, -0.15) is 0 Å². The molecule has 0 spiro atoms. The number of carbonyl (C=O) groups is 3. The fourth-order valence-corrected chi connectivity index (χ4v) is 2.62. The maximum Gasteiger partial charge on any atom is 0.325 e. The Hall–Kier alpha value is -2.54. The third-order valence-corrected chi connectivity index (χ3v) is 4.07. The van der Waals surface area contributed by atoms with E-state index in [0.29, 0.717) is 0 Å². The second kappa shape index (κ2) is 8.93. The maximum absolute atomic E-state index is 11.7. The van der Waals surface area contributed by atoms with Crippen LogP contribution in [-0.2, 0) is 23.9 Å². The number of nitrogens with one attached hydrogen (secondary N) is 1. The van der Waals surface area contributed by atoms with Gasteiger partial charge in [0.25, 0.3) is 5.91 Å². The molecule has 0 aliphatic rings. The average molecular weight is 347 g/mol. The molecule has 0 radical (unpaired) electrons. The van der Waals surface area contributed by atoms with Gasteiger partial charge in [0.2, 0.25) is 0 Å². The fraction of sp³-hybridized carbons (Fsp3) is 0.235. The molecule has 0 aromatic heterocycles. The lowest BCUT2D eigenvalue weighted by Gasteiger charge is -2.06. The molecule has 0 fully saturated rings. The SMILES string of the molecule is COC(=O)CNC(=O)COC(=O)CSc1ccc2ccccc2c1. The van der Waals surface area contributed by atoms with Crippen molar-refractivity contribution in [2.75, 3.05) is 26.0 Å². The van der Waals surface area contributed by atoms with E-state index in [1.54, 1.807) is 0 Å². The third-order valence-electron chi connectivity index (χ3n) is 3.10. The lowest BCUT2D eigenvalue weighted by atomic mass is 10.1. The molecule has 7 heteroatoms.